The van der Waals surface area contributed by atoms with Gasteiger partial charge in [-0.25, -0.2) is 8.42 Å². The Morgan fingerprint density at radius 3 is 2.69 bits per heavy atom. The van der Waals surface area contributed by atoms with Crippen LogP contribution in [0.25, 0.3) is 0 Å². The molecule has 0 spiro atoms. The SMILES string of the molecule is COc1ccc2c(c1)CCCN2S(=O)(=O)c1ccc2c(c1)CCC(=O)N2. The molecule has 1 N–H and O–H groups in total. The fraction of sp³-hybridized carbons (Fsp3) is 0.316. The van der Waals surface area contributed by atoms with E-state index in [0.717, 1.165) is 29.7 Å². The third kappa shape index (κ3) is 2.82. The van der Waals surface area contributed by atoms with Crippen LogP contribution in [0.1, 0.15) is 24.0 Å². The number of amides is 1. The Labute approximate surface area is 152 Å². The Hall–Kier alpha value is -2.54. The van der Waals surface area contributed by atoms with Gasteiger partial charge < -0.3 is 10.1 Å². The first-order valence-corrected chi connectivity index (χ1v) is 10.1. The maximum atomic E-state index is 13.3. The van der Waals surface area contributed by atoms with Gasteiger partial charge in [0.2, 0.25) is 5.91 Å². The van der Waals surface area contributed by atoms with Gasteiger partial charge in [-0.05, 0) is 66.8 Å². The first kappa shape index (κ1) is 16.9. The van der Waals surface area contributed by atoms with Crippen LogP contribution in [-0.2, 0) is 27.7 Å². The molecule has 7 heteroatoms. The minimum Gasteiger partial charge on any atom is -0.497 e. The number of carbonyl (C=O) groups is 1. The molecule has 0 fully saturated rings. The molecule has 0 aliphatic carbocycles. The van der Waals surface area contributed by atoms with E-state index >= 15 is 0 Å². The second-order valence-corrected chi connectivity index (χ2v) is 8.40. The number of fused-ring (bicyclic) bond motifs is 2. The molecule has 1 amide bonds. The highest BCUT2D eigenvalue weighted by molar-refractivity contribution is 7.92. The lowest BCUT2D eigenvalue weighted by atomic mass is 10.0. The number of hydrogen-bond donors (Lipinski definition) is 1. The van der Waals surface area contributed by atoms with Gasteiger partial charge in [0, 0.05) is 18.7 Å². The second-order valence-electron chi connectivity index (χ2n) is 6.54. The maximum Gasteiger partial charge on any atom is 0.264 e. The zero-order valence-corrected chi connectivity index (χ0v) is 15.3. The van der Waals surface area contributed by atoms with Crippen molar-refractivity contribution in [3.05, 3.63) is 47.5 Å². The molecule has 136 valence electrons. The third-order valence-electron chi connectivity index (χ3n) is 4.92. The Balaban J connectivity index is 1.73. The average Bonchev–Trinajstić information content (AvgIpc) is 2.66. The van der Waals surface area contributed by atoms with Crippen molar-refractivity contribution < 1.29 is 17.9 Å². The van der Waals surface area contributed by atoms with Crippen molar-refractivity contribution in [2.75, 3.05) is 23.3 Å². The Morgan fingerprint density at radius 1 is 1.04 bits per heavy atom. The number of carbonyl (C=O) groups excluding carboxylic acids is 1. The molecule has 2 aliphatic rings. The van der Waals surface area contributed by atoms with Crippen LogP contribution < -0.4 is 14.4 Å². The number of benzene rings is 2. The van der Waals surface area contributed by atoms with Crippen molar-refractivity contribution in [1.82, 2.24) is 0 Å². The number of ether oxygens (including phenoxy) is 1. The van der Waals surface area contributed by atoms with E-state index in [4.69, 9.17) is 4.74 Å². The summed E-state index contributed by atoms with van der Waals surface area (Å²) in [5.74, 6) is 0.694. The van der Waals surface area contributed by atoms with Gasteiger partial charge in [-0.15, -0.1) is 0 Å². The minimum atomic E-state index is -3.66. The van der Waals surface area contributed by atoms with Crippen LogP contribution in [0.3, 0.4) is 0 Å². The van der Waals surface area contributed by atoms with Crippen molar-refractivity contribution in [1.29, 1.82) is 0 Å². The van der Waals surface area contributed by atoms with Crippen LogP contribution in [0.5, 0.6) is 5.75 Å². The van der Waals surface area contributed by atoms with Crippen molar-refractivity contribution in [3.8, 4) is 5.75 Å². The molecule has 0 saturated carbocycles. The molecule has 2 heterocycles. The molecule has 2 aromatic carbocycles. The van der Waals surface area contributed by atoms with Gasteiger partial charge in [-0.1, -0.05) is 0 Å². The summed E-state index contributed by atoms with van der Waals surface area (Å²) in [5.41, 5.74) is 3.24. The number of sulfonamides is 1. The normalized spacial score (nSPS) is 16.5. The van der Waals surface area contributed by atoms with Crippen LogP contribution in [-0.4, -0.2) is 28.0 Å². The first-order chi connectivity index (χ1) is 12.5. The predicted octanol–water partition coefficient (Wildman–Crippen LogP) is 2.72. The van der Waals surface area contributed by atoms with Gasteiger partial charge in [-0.3, -0.25) is 9.10 Å². The summed E-state index contributed by atoms with van der Waals surface area (Å²) in [7, 11) is -2.06. The molecule has 0 atom stereocenters. The zero-order valence-electron chi connectivity index (χ0n) is 14.5. The monoisotopic (exact) mass is 372 g/mol. The molecule has 6 nitrogen and oxygen atoms in total. The largest absolute Gasteiger partial charge is 0.497 e. The third-order valence-corrected chi connectivity index (χ3v) is 6.73. The number of nitrogens with one attached hydrogen (secondary N) is 1. The van der Waals surface area contributed by atoms with Crippen LogP contribution in [0.2, 0.25) is 0 Å². The summed E-state index contributed by atoms with van der Waals surface area (Å²) in [6, 6.07) is 10.4. The lowest BCUT2D eigenvalue weighted by Gasteiger charge is -2.31. The van der Waals surface area contributed by atoms with Gasteiger partial charge >= 0.3 is 0 Å². The molecule has 2 aromatic rings. The van der Waals surface area contributed by atoms with E-state index in [1.165, 1.54) is 4.31 Å². The molecule has 4 rings (SSSR count). The van der Waals surface area contributed by atoms with Gasteiger partial charge in [-0.2, -0.15) is 0 Å². The molecule has 26 heavy (non-hydrogen) atoms. The van der Waals surface area contributed by atoms with E-state index in [-0.39, 0.29) is 10.8 Å². The smallest absolute Gasteiger partial charge is 0.264 e. The fourth-order valence-electron chi connectivity index (χ4n) is 3.56. The van der Waals surface area contributed by atoms with E-state index in [9.17, 15) is 13.2 Å². The van der Waals surface area contributed by atoms with Crippen molar-refractivity contribution in [3.63, 3.8) is 0 Å². The summed E-state index contributed by atoms with van der Waals surface area (Å²) in [6.45, 7) is 0.454. The van der Waals surface area contributed by atoms with E-state index in [1.807, 2.05) is 12.1 Å². The Kier molecular flexibility index (Phi) is 4.11. The maximum absolute atomic E-state index is 13.3. The number of rotatable bonds is 3. The molecule has 0 saturated heterocycles. The summed E-state index contributed by atoms with van der Waals surface area (Å²) < 4.78 is 33.3. The van der Waals surface area contributed by atoms with Crippen molar-refractivity contribution >= 4 is 27.3 Å². The van der Waals surface area contributed by atoms with Crippen molar-refractivity contribution in [2.45, 2.75) is 30.6 Å². The first-order valence-electron chi connectivity index (χ1n) is 8.61. The zero-order chi connectivity index (χ0) is 18.3. The number of hydrogen-bond acceptors (Lipinski definition) is 4. The summed E-state index contributed by atoms with van der Waals surface area (Å²) in [4.78, 5) is 11.8. The highest BCUT2D eigenvalue weighted by Gasteiger charge is 2.30. The van der Waals surface area contributed by atoms with Gasteiger partial charge in [0.05, 0.1) is 17.7 Å². The van der Waals surface area contributed by atoms with E-state index in [2.05, 4.69) is 5.32 Å². The van der Waals surface area contributed by atoms with Crippen LogP contribution >= 0.6 is 0 Å². The van der Waals surface area contributed by atoms with Gasteiger partial charge in [0.15, 0.2) is 0 Å². The van der Waals surface area contributed by atoms with E-state index < -0.39 is 10.0 Å². The predicted molar refractivity (Wildman–Crippen MR) is 99.2 cm³/mol. The molecule has 0 radical (unpaired) electrons. The lowest BCUT2D eigenvalue weighted by molar-refractivity contribution is -0.116. The van der Waals surface area contributed by atoms with Crippen molar-refractivity contribution in [2.24, 2.45) is 0 Å². The number of aryl methyl sites for hydroxylation is 2. The standard InChI is InChI=1S/C19H20N2O4S/c1-25-15-5-8-18-14(11-15)3-2-10-21(18)26(23,24)16-6-7-17-13(12-16)4-9-19(22)20-17/h5-8,11-12H,2-4,9-10H2,1H3,(H,20,22). The second kappa shape index (κ2) is 6.32. The minimum absolute atomic E-state index is 0.0352. The number of methoxy groups -OCH3 is 1. The quantitative estimate of drug-likeness (QED) is 0.899. The van der Waals surface area contributed by atoms with Crippen LogP contribution in [0, 0.1) is 0 Å². The van der Waals surface area contributed by atoms with E-state index in [1.54, 1.807) is 31.4 Å². The van der Waals surface area contributed by atoms with E-state index in [0.29, 0.717) is 30.8 Å². The van der Waals surface area contributed by atoms with Crippen LogP contribution in [0.4, 0.5) is 11.4 Å². The summed E-state index contributed by atoms with van der Waals surface area (Å²) in [5, 5.41) is 2.79. The molecule has 0 aromatic heterocycles. The topological polar surface area (TPSA) is 75.7 Å². The number of anilines is 2. The van der Waals surface area contributed by atoms with Gasteiger partial charge in [0.25, 0.3) is 10.0 Å². The number of nitrogens with zero attached hydrogens (tertiary/aromatic N) is 1. The average molecular weight is 372 g/mol. The molecular formula is C19H20N2O4S. The van der Waals surface area contributed by atoms with Gasteiger partial charge in [0.1, 0.15) is 5.75 Å². The van der Waals surface area contributed by atoms with Crippen LogP contribution in [0.15, 0.2) is 41.3 Å². The highest BCUT2D eigenvalue weighted by Crippen LogP contribution is 2.35. The molecule has 0 bridgehead atoms. The highest BCUT2D eigenvalue weighted by atomic mass is 32.2. The molecule has 2 aliphatic heterocycles. The lowest BCUT2D eigenvalue weighted by Crippen LogP contribution is -2.35. The molecule has 0 unspecified atom stereocenters. The summed E-state index contributed by atoms with van der Waals surface area (Å²) >= 11 is 0. The Morgan fingerprint density at radius 2 is 1.88 bits per heavy atom. The molecular weight excluding hydrogens is 352 g/mol. The fourth-order valence-corrected chi connectivity index (χ4v) is 5.16. The summed E-state index contributed by atoms with van der Waals surface area (Å²) in [6.07, 6.45) is 2.52. The Bertz CT molecular complexity index is 985.